The molecule has 0 unspecified atom stereocenters. The standard InChI is InChI=1S/C13H23NO2/c1-10(2)12(9-15)14-13(16)8-11-6-4-3-5-7-11/h6,10,12,15H,3-5,7-9H2,1-2H3,(H,14,16)/t12-/m1/s1. The van der Waals surface area contributed by atoms with Crippen LogP contribution in [0.1, 0.15) is 46.0 Å². The summed E-state index contributed by atoms with van der Waals surface area (Å²) < 4.78 is 0. The number of carbonyl (C=O) groups is 1. The summed E-state index contributed by atoms with van der Waals surface area (Å²) in [4.78, 5) is 11.7. The van der Waals surface area contributed by atoms with E-state index in [0.29, 0.717) is 6.42 Å². The van der Waals surface area contributed by atoms with Gasteiger partial charge in [-0.1, -0.05) is 25.5 Å². The van der Waals surface area contributed by atoms with Crippen LogP contribution in [0, 0.1) is 5.92 Å². The van der Waals surface area contributed by atoms with Gasteiger partial charge in [-0.25, -0.2) is 0 Å². The Balaban J connectivity index is 2.37. The van der Waals surface area contributed by atoms with Crippen molar-refractivity contribution in [3.05, 3.63) is 11.6 Å². The molecule has 16 heavy (non-hydrogen) atoms. The number of hydrogen-bond donors (Lipinski definition) is 2. The van der Waals surface area contributed by atoms with E-state index in [2.05, 4.69) is 11.4 Å². The lowest BCUT2D eigenvalue weighted by Gasteiger charge is -2.21. The minimum absolute atomic E-state index is 0.0163. The molecular weight excluding hydrogens is 202 g/mol. The van der Waals surface area contributed by atoms with Crippen LogP contribution in [0.15, 0.2) is 11.6 Å². The van der Waals surface area contributed by atoms with Gasteiger partial charge < -0.3 is 10.4 Å². The number of hydrogen-bond acceptors (Lipinski definition) is 2. The summed E-state index contributed by atoms with van der Waals surface area (Å²) in [5.74, 6) is 0.315. The number of aliphatic hydroxyl groups excluding tert-OH is 1. The monoisotopic (exact) mass is 225 g/mol. The van der Waals surface area contributed by atoms with Gasteiger partial charge in [0.25, 0.3) is 0 Å². The van der Waals surface area contributed by atoms with Gasteiger partial charge in [0.05, 0.1) is 12.6 Å². The third kappa shape index (κ3) is 4.35. The highest BCUT2D eigenvalue weighted by Gasteiger charge is 2.16. The molecule has 1 amide bonds. The Kier molecular flexibility index (Phi) is 5.53. The molecule has 1 aliphatic rings. The van der Waals surface area contributed by atoms with E-state index in [0.717, 1.165) is 12.8 Å². The van der Waals surface area contributed by atoms with Crippen LogP contribution < -0.4 is 5.32 Å². The predicted octanol–water partition coefficient (Wildman–Crippen LogP) is 2.01. The fourth-order valence-electron chi connectivity index (χ4n) is 1.95. The number of carbonyl (C=O) groups excluding carboxylic acids is 1. The molecule has 2 N–H and O–H groups in total. The number of allylic oxidation sites excluding steroid dienone is 1. The van der Waals surface area contributed by atoms with Gasteiger partial charge in [0.2, 0.25) is 5.91 Å². The lowest BCUT2D eigenvalue weighted by atomic mass is 9.96. The highest BCUT2D eigenvalue weighted by molar-refractivity contribution is 5.78. The molecule has 0 saturated carbocycles. The van der Waals surface area contributed by atoms with E-state index >= 15 is 0 Å². The maximum absolute atomic E-state index is 11.7. The molecule has 0 aromatic rings. The summed E-state index contributed by atoms with van der Waals surface area (Å²) in [6.45, 7) is 4.02. The predicted molar refractivity (Wildman–Crippen MR) is 65.0 cm³/mol. The van der Waals surface area contributed by atoms with Gasteiger partial charge in [-0.05, 0) is 31.6 Å². The van der Waals surface area contributed by atoms with Gasteiger partial charge in [-0.2, -0.15) is 0 Å². The van der Waals surface area contributed by atoms with Gasteiger partial charge in [0.15, 0.2) is 0 Å². The fraction of sp³-hybridized carbons (Fsp3) is 0.769. The first-order valence-electron chi connectivity index (χ1n) is 6.21. The molecule has 0 fully saturated rings. The molecule has 0 bridgehead atoms. The summed E-state index contributed by atoms with van der Waals surface area (Å²) >= 11 is 0. The van der Waals surface area contributed by atoms with Crippen molar-refractivity contribution >= 4 is 5.91 Å². The number of rotatable bonds is 5. The van der Waals surface area contributed by atoms with Gasteiger partial charge in [0, 0.05) is 6.42 Å². The van der Waals surface area contributed by atoms with Crippen molar-refractivity contribution in [1.82, 2.24) is 5.32 Å². The third-order valence-electron chi connectivity index (χ3n) is 3.12. The van der Waals surface area contributed by atoms with E-state index in [-0.39, 0.29) is 24.5 Å². The second-order valence-electron chi connectivity index (χ2n) is 4.89. The van der Waals surface area contributed by atoms with E-state index in [1.165, 1.54) is 18.4 Å². The van der Waals surface area contributed by atoms with Crippen molar-refractivity contribution in [3.8, 4) is 0 Å². The van der Waals surface area contributed by atoms with Crippen LogP contribution in [0.4, 0.5) is 0 Å². The summed E-state index contributed by atoms with van der Waals surface area (Å²) in [7, 11) is 0. The fourth-order valence-corrected chi connectivity index (χ4v) is 1.95. The van der Waals surface area contributed by atoms with Crippen LogP contribution in [0.2, 0.25) is 0 Å². The SMILES string of the molecule is CC(C)[C@@H](CO)NC(=O)CC1=CCCCC1. The summed E-state index contributed by atoms with van der Waals surface area (Å²) in [5, 5.41) is 12.0. The van der Waals surface area contributed by atoms with Crippen molar-refractivity contribution in [2.45, 2.75) is 52.0 Å². The molecule has 1 atom stereocenters. The molecule has 0 aliphatic heterocycles. The zero-order valence-electron chi connectivity index (χ0n) is 10.3. The number of amides is 1. The maximum Gasteiger partial charge on any atom is 0.224 e. The Morgan fingerprint density at radius 3 is 2.75 bits per heavy atom. The van der Waals surface area contributed by atoms with Crippen LogP contribution in [0.25, 0.3) is 0 Å². The second-order valence-corrected chi connectivity index (χ2v) is 4.89. The smallest absolute Gasteiger partial charge is 0.224 e. The lowest BCUT2D eigenvalue weighted by Crippen LogP contribution is -2.41. The van der Waals surface area contributed by atoms with Crippen molar-refractivity contribution in [3.63, 3.8) is 0 Å². The van der Waals surface area contributed by atoms with E-state index in [9.17, 15) is 4.79 Å². The van der Waals surface area contributed by atoms with E-state index in [1.54, 1.807) is 0 Å². The number of nitrogens with one attached hydrogen (secondary N) is 1. The Morgan fingerprint density at radius 2 is 2.25 bits per heavy atom. The van der Waals surface area contributed by atoms with E-state index < -0.39 is 0 Å². The summed E-state index contributed by atoms with van der Waals surface area (Å²) in [6, 6.07) is -0.114. The average molecular weight is 225 g/mol. The molecule has 1 aliphatic carbocycles. The minimum atomic E-state index is -0.114. The van der Waals surface area contributed by atoms with Gasteiger partial charge in [0.1, 0.15) is 0 Å². The van der Waals surface area contributed by atoms with Gasteiger partial charge in [-0.3, -0.25) is 4.79 Å². The summed E-state index contributed by atoms with van der Waals surface area (Å²) in [6.07, 6.45) is 7.30. The maximum atomic E-state index is 11.7. The van der Waals surface area contributed by atoms with Crippen LogP contribution >= 0.6 is 0 Å². The van der Waals surface area contributed by atoms with Crippen molar-refractivity contribution in [2.24, 2.45) is 5.92 Å². The molecule has 0 aromatic carbocycles. The molecule has 1 rings (SSSR count). The minimum Gasteiger partial charge on any atom is -0.394 e. The Hall–Kier alpha value is -0.830. The Bertz CT molecular complexity index is 259. The molecule has 92 valence electrons. The van der Waals surface area contributed by atoms with Crippen LogP contribution in [0.5, 0.6) is 0 Å². The molecular formula is C13H23NO2. The van der Waals surface area contributed by atoms with E-state index in [1.807, 2.05) is 13.8 Å². The zero-order valence-corrected chi connectivity index (χ0v) is 10.3. The lowest BCUT2D eigenvalue weighted by molar-refractivity contribution is -0.121. The van der Waals surface area contributed by atoms with Crippen molar-refractivity contribution in [1.29, 1.82) is 0 Å². The van der Waals surface area contributed by atoms with Crippen LogP contribution in [-0.4, -0.2) is 23.7 Å². The normalized spacial score (nSPS) is 18.1. The highest BCUT2D eigenvalue weighted by atomic mass is 16.3. The molecule has 0 aromatic heterocycles. The molecule has 3 heteroatoms. The second kappa shape index (κ2) is 6.69. The largest absolute Gasteiger partial charge is 0.394 e. The molecule has 0 spiro atoms. The highest BCUT2D eigenvalue weighted by Crippen LogP contribution is 2.19. The third-order valence-corrected chi connectivity index (χ3v) is 3.12. The zero-order chi connectivity index (χ0) is 12.0. The molecule has 0 saturated heterocycles. The first-order valence-corrected chi connectivity index (χ1v) is 6.21. The number of aliphatic hydroxyl groups is 1. The molecule has 0 radical (unpaired) electrons. The Morgan fingerprint density at radius 1 is 1.50 bits per heavy atom. The first kappa shape index (κ1) is 13.2. The summed E-state index contributed by atoms with van der Waals surface area (Å²) in [5.41, 5.74) is 1.25. The van der Waals surface area contributed by atoms with Crippen molar-refractivity contribution < 1.29 is 9.90 Å². The average Bonchev–Trinajstić information content (AvgIpc) is 2.27. The topological polar surface area (TPSA) is 49.3 Å². The van der Waals surface area contributed by atoms with Gasteiger partial charge in [-0.15, -0.1) is 0 Å². The van der Waals surface area contributed by atoms with Gasteiger partial charge >= 0.3 is 0 Å². The van der Waals surface area contributed by atoms with Crippen molar-refractivity contribution in [2.75, 3.05) is 6.61 Å². The molecule has 3 nitrogen and oxygen atoms in total. The molecule has 0 heterocycles. The van der Waals surface area contributed by atoms with E-state index in [4.69, 9.17) is 5.11 Å². The van der Waals surface area contributed by atoms with Crippen LogP contribution in [0.3, 0.4) is 0 Å². The Labute approximate surface area is 97.9 Å². The van der Waals surface area contributed by atoms with Crippen LogP contribution in [-0.2, 0) is 4.79 Å². The first-order chi connectivity index (χ1) is 7.63. The quantitative estimate of drug-likeness (QED) is 0.703.